The molecule has 0 bridgehead atoms. The lowest BCUT2D eigenvalue weighted by atomic mass is 10.1. The molecule has 0 fully saturated rings. The number of nitrogen functional groups attached to an aromatic ring is 1. The number of likely N-dealkylation sites (N-methyl/N-ethyl adjacent to an activating group) is 1. The number of carbonyl (C=O) groups is 1. The van der Waals surface area contributed by atoms with Crippen LogP contribution in [-0.4, -0.2) is 17.9 Å². The molecule has 0 radical (unpaired) electrons. The average Bonchev–Trinajstić information content (AvgIpc) is 2.75. The maximum Gasteiger partial charge on any atom is 0.227 e. The van der Waals surface area contributed by atoms with Crippen LogP contribution in [0.4, 0.5) is 5.69 Å². The van der Waals surface area contributed by atoms with Gasteiger partial charge < -0.3 is 15.1 Å². The Morgan fingerprint density at radius 3 is 2.79 bits per heavy atom. The molecule has 2 rings (SSSR count). The SMILES string of the molecule is Cc1occc1CN(C)C(=O)Cc1cccc(N)c1. The summed E-state index contributed by atoms with van der Waals surface area (Å²) in [6.07, 6.45) is 2.00. The van der Waals surface area contributed by atoms with Crippen molar-refractivity contribution in [2.75, 3.05) is 12.8 Å². The standard InChI is InChI=1S/C15H18N2O2/c1-11-13(6-7-19-11)10-17(2)15(18)9-12-4-3-5-14(16)8-12/h3-8H,9-10,16H2,1-2H3. The fourth-order valence-corrected chi connectivity index (χ4v) is 1.93. The molecule has 0 saturated carbocycles. The highest BCUT2D eigenvalue weighted by atomic mass is 16.3. The largest absolute Gasteiger partial charge is 0.469 e. The maximum absolute atomic E-state index is 12.1. The van der Waals surface area contributed by atoms with Gasteiger partial charge in [-0.3, -0.25) is 4.79 Å². The molecule has 0 aliphatic rings. The van der Waals surface area contributed by atoms with E-state index in [1.165, 1.54) is 0 Å². The molecule has 0 unspecified atom stereocenters. The summed E-state index contributed by atoms with van der Waals surface area (Å²) in [5, 5.41) is 0. The summed E-state index contributed by atoms with van der Waals surface area (Å²) < 4.78 is 5.22. The number of nitrogens with two attached hydrogens (primary N) is 1. The summed E-state index contributed by atoms with van der Waals surface area (Å²) in [6.45, 7) is 2.45. The lowest BCUT2D eigenvalue weighted by molar-refractivity contribution is -0.129. The summed E-state index contributed by atoms with van der Waals surface area (Å²) in [5.41, 5.74) is 8.34. The fourth-order valence-electron chi connectivity index (χ4n) is 1.93. The van der Waals surface area contributed by atoms with Gasteiger partial charge in [0.25, 0.3) is 0 Å². The monoisotopic (exact) mass is 258 g/mol. The lowest BCUT2D eigenvalue weighted by Crippen LogP contribution is -2.27. The van der Waals surface area contributed by atoms with Gasteiger partial charge in [-0.15, -0.1) is 0 Å². The van der Waals surface area contributed by atoms with Crippen LogP contribution in [-0.2, 0) is 17.8 Å². The van der Waals surface area contributed by atoms with Crippen LogP contribution in [0.15, 0.2) is 41.0 Å². The van der Waals surface area contributed by atoms with Gasteiger partial charge in [-0.1, -0.05) is 12.1 Å². The van der Waals surface area contributed by atoms with E-state index in [2.05, 4.69) is 0 Å². The molecule has 1 aromatic carbocycles. The molecular weight excluding hydrogens is 240 g/mol. The molecule has 2 N–H and O–H groups in total. The highest BCUT2D eigenvalue weighted by Crippen LogP contribution is 2.13. The molecule has 19 heavy (non-hydrogen) atoms. The first-order valence-electron chi connectivity index (χ1n) is 6.17. The number of rotatable bonds is 4. The van der Waals surface area contributed by atoms with Crippen LogP contribution in [0.2, 0.25) is 0 Å². The molecular formula is C15H18N2O2. The number of hydrogen-bond acceptors (Lipinski definition) is 3. The van der Waals surface area contributed by atoms with E-state index >= 15 is 0 Å². The summed E-state index contributed by atoms with van der Waals surface area (Å²) in [6, 6.07) is 9.30. The molecule has 0 aliphatic heterocycles. The Morgan fingerprint density at radius 1 is 1.37 bits per heavy atom. The van der Waals surface area contributed by atoms with Crippen molar-refractivity contribution in [3.8, 4) is 0 Å². The quantitative estimate of drug-likeness (QED) is 0.856. The summed E-state index contributed by atoms with van der Waals surface area (Å²) in [7, 11) is 1.79. The first kappa shape index (κ1) is 13.2. The van der Waals surface area contributed by atoms with Crippen LogP contribution in [0.5, 0.6) is 0 Å². The molecule has 1 heterocycles. The highest BCUT2D eigenvalue weighted by molar-refractivity contribution is 5.78. The van der Waals surface area contributed by atoms with Crippen molar-refractivity contribution in [2.45, 2.75) is 19.9 Å². The Labute approximate surface area is 112 Å². The number of aryl methyl sites for hydroxylation is 1. The van der Waals surface area contributed by atoms with E-state index in [0.717, 1.165) is 16.9 Å². The van der Waals surface area contributed by atoms with Gasteiger partial charge in [0.1, 0.15) is 5.76 Å². The third kappa shape index (κ3) is 3.37. The maximum atomic E-state index is 12.1. The molecule has 4 heteroatoms. The van der Waals surface area contributed by atoms with Crippen molar-refractivity contribution in [3.05, 3.63) is 53.5 Å². The lowest BCUT2D eigenvalue weighted by Gasteiger charge is -2.17. The zero-order chi connectivity index (χ0) is 13.8. The fraction of sp³-hybridized carbons (Fsp3) is 0.267. The predicted molar refractivity (Wildman–Crippen MR) is 74.5 cm³/mol. The van der Waals surface area contributed by atoms with Gasteiger partial charge in [0, 0.05) is 24.8 Å². The first-order valence-corrected chi connectivity index (χ1v) is 6.17. The van der Waals surface area contributed by atoms with Gasteiger partial charge >= 0.3 is 0 Å². The minimum Gasteiger partial charge on any atom is -0.469 e. The Morgan fingerprint density at radius 2 is 2.16 bits per heavy atom. The molecule has 0 spiro atoms. The van der Waals surface area contributed by atoms with Gasteiger partial charge in [0.2, 0.25) is 5.91 Å². The van der Waals surface area contributed by atoms with Gasteiger partial charge in [-0.05, 0) is 30.7 Å². The number of benzene rings is 1. The predicted octanol–water partition coefficient (Wildman–Crippen LogP) is 2.37. The normalized spacial score (nSPS) is 10.4. The van der Waals surface area contributed by atoms with Gasteiger partial charge in [0.15, 0.2) is 0 Å². The molecule has 1 amide bonds. The van der Waals surface area contributed by atoms with Crippen molar-refractivity contribution in [1.82, 2.24) is 4.90 Å². The smallest absolute Gasteiger partial charge is 0.227 e. The van der Waals surface area contributed by atoms with Crippen molar-refractivity contribution in [1.29, 1.82) is 0 Å². The molecule has 4 nitrogen and oxygen atoms in total. The molecule has 2 aromatic rings. The number of hydrogen-bond donors (Lipinski definition) is 1. The van der Waals surface area contributed by atoms with Crippen LogP contribution in [0.1, 0.15) is 16.9 Å². The third-order valence-electron chi connectivity index (χ3n) is 3.11. The molecule has 100 valence electrons. The summed E-state index contributed by atoms with van der Waals surface area (Å²) in [5.74, 6) is 0.912. The molecule has 1 aromatic heterocycles. The molecule has 0 atom stereocenters. The van der Waals surface area contributed by atoms with Crippen molar-refractivity contribution < 1.29 is 9.21 Å². The number of nitrogens with zero attached hydrogens (tertiary/aromatic N) is 1. The van der Waals surface area contributed by atoms with Crippen LogP contribution in [0.3, 0.4) is 0 Å². The van der Waals surface area contributed by atoms with E-state index in [1.54, 1.807) is 18.2 Å². The second-order valence-electron chi connectivity index (χ2n) is 4.67. The van der Waals surface area contributed by atoms with Gasteiger partial charge in [-0.25, -0.2) is 0 Å². The van der Waals surface area contributed by atoms with Gasteiger partial charge in [-0.2, -0.15) is 0 Å². The number of amides is 1. The number of carbonyl (C=O) groups excluding carboxylic acids is 1. The summed E-state index contributed by atoms with van der Waals surface area (Å²) >= 11 is 0. The zero-order valence-electron chi connectivity index (χ0n) is 11.2. The van der Waals surface area contributed by atoms with E-state index in [0.29, 0.717) is 18.7 Å². The van der Waals surface area contributed by atoms with Crippen LogP contribution >= 0.6 is 0 Å². The van der Waals surface area contributed by atoms with Crippen molar-refractivity contribution in [2.24, 2.45) is 0 Å². The van der Waals surface area contributed by atoms with E-state index < -0.39 is 0 Å². The average molecular weight is 258 g/mol. The van der Waals surface area contributed by atoms with E-state index in [1.807, 2.05) is 37.3 Å². The zero-order valence-corrected chi connectivity index (χ0v) is 11.2. The van der Waals surface area contributed by atoms with Gasteiger partial charge in [0.05, 0.1) is 12.7 Å². The minimum atomic E-state index is 0.0613. The second kappa shape index (κ2) is 5.61. The second-order valence-corrected chi connectivity index (χ2v) is 4.67. The molecule has 0 aliphatic carbocycles. The number of anilines is 1. The molecule has 0 saturated heterocycles. The Balaban J connectivity index is 1.98. The first-order chi connectivity index (χ1) is 9.06. The van der Waals surface area contributed by atoms with Crippen LogP contribution in [0, 0.1) is 6.92 Å². The Bertz CT molecular complexity index is 575. The number of furan rings is 1. The third-order valence-corrected chi connectivity index (χ3v) is 3.11. The van der Waals surface area contributed by atoms with Crippen LogP contribution < -0.4 is 5.73 Å². The Kier molecular flexibility index (Phi) is 3.90. The van der Waals surface area contributed by atoms with Crippen LogP contribution in [0.25, 0.3) is 0 Å². The van der Waals surface area contributed by atoms with Crippen molar-refractivity contribution >= 4 is 11.6 Å². The van der Waals surface area contributed by atoms with E-state index in [-0.39, 0.29) is 5.91 Å². The Hall–Kier alpha value is -2.23. The summed E-state index contributed by atoms with van der Waals surface area (Å²) in [4.78, 5) is 13.8. The highest BCUT2D eigenvalue weighted by Gasteiger charge is 2.12. The van der Waals surface area contributed by atoms with E-state index in [9.17, 15) is 4.79 Å². The van der Waals surface area contributed by atoms with Crippen molar-refractivity contribution in [3.63, 3.8) is 0 Å². The minimum absolute atomic E-state index is 0.0613. The topological polar surface area (TPSA) is 59.5 Å². The van der Waals surface area contributed by atoms with E-state index in [4.69, 9.17) is 10.2 Å².